The predicted octanol–water partition coefficient (Wildman–Crippen LogP) is 0.306. The molecular formula is C10H21N2O2P. The Balaban J connectivity index is 2.11. The molecular weight excluding hydrogens is 211 g/mol. The summed E-state index contributed by atoms with van der Waals surface area (Å²) in [6.07, 6.45) is 2.90. The number of carbonyl (C=O) groups is 1. The summed E-state index contributed by atoms with van der Waals surface area (Å²) in [6.45, 7) is 5.77. The molecule has 0 aliphatic carbocycles. The van der Waals surface area contributed by atoms with E-state index < -0.39 is 0 Å². The molecule has 0 bridgehead atoms. The van der Waals surface area contributed by atoms with Crippen molar-refractivity contribution in [1.82, 2.24) is 4.90 Å². The first-order chi connectivity index (χ1) is 7.24. The van der Waals surface area contributed by atoms with E-state index in [1.165, 1.54) is 12.3 Å². The third-order valence-electron chi connectivity index (χ3n) is 2.58. The van der Waals surface area contributed by atoms with Crippen molar-refractivity contribution in [3.8, 4) is 0 Å². The first-order valence-electron chi connectivity index (χ1n) is 5.48. The number of nitrogens with two attached hydrogens (primary N) is 1. The van der Waals surface area contributed by atoms with Crippen LogP contribution in [0.3, 0.4) is 0 Å². The van der Waals surface area contributed by atoms with Crippen molar-refractivity contribution in [2.24, 2.45) is 5.73 Å². The second kappa shape index (κ2) is 7.15. The maximum absolute atomic E-state index is 11.7. The summed E-state index contributed by atoms with van der Waals surface area (Å²) in [7, 11) is 0.197. The van der Waals surface area contributed by atoms with Crippen molar-refractivity contribution in [2.75, 3.05) is 51.8 Å². The summed E-state index contributed by atoms with van der Waals surface area (Å²) in [5, 5.41) is 0. The van der Waals surface area contributed by atoms with Crippen molar-refractivity contribution < 1.29 is 9.53 Å². The van der Waals surface area contributed by atoms with Gasteiger partial charge in [0.15, 0.2) is 0 Å². The van der Waals surface area contributed by atoms with Crippen molar-refractivity contribution in [3.05, 3.63) is 0 Å². The highest BCUT2D eigenvalue weighted by atomic mass is 31.1. The molecule has 1 aliphatic heterocycles. The zero-order valence-corrected chi connectivity index (χ0v) is 10.3. The van der Waals surface area contributed by atoms with Gasteiger partial charge in [0.25, 0.3) is 0 Å². The third kappa shape index (κ3) is 4.92. The smallest absolute Gasteiger partial charge is 0.224 e. The summed E-state index contributed by atoms with van der Waals surface area (Å²) >= 11 is 0. The molecule has 0 spiro atoms. The van der Waals surface area contributed by atoms with Crippen LogP contribution in [-0.2, 0) is 9.53 Å². The Hall–Kier alpha value is -0.180. The van der Waals surface area contributed by atoms with Crippen molar-refractivity contribution in [3.63, 3.8) is 0 Å². The fourth-order valence-corrected chi connectivity index (χ4v) is 2.95. The summed E-state index contributed by atoms with van der Waals surface area (Å²) in [4.78, 5) is 13.7. The minimum Gasteiger partial charge on any atom is -0.380 e. The van der Waals surface area contributed by atoms with Crippen LogP contribution in [0.15, 0.2) is 0 Å². The molecule has 1 heterocycles. The van der Waals surface area contributed by atoms with E-state index >= 15 is 0 Å². The number of rotatable bonds is 5. The van der Waals surface area contributed by atoms with E-state index in [-0.39, 0.29) is 13.8 Å². The van der Waals surface area contributed by atoms with E-state index in [2.05, 4.69) is 6.66 Å². The van der Waals surface area contributed by atoms with Crippen LogP contribution in [0.5, 0.6) is 0 Å². The Labute approximate surface area is 92.9 Å². The molecule has 0 unspecified atom stereocenters. The quantitative estimate of drug-likeness (QED) is 0.548. The molecule has 0 aromatic carbocycles. The van der Waals surface area contributed by atoms with Crippen LogP contribution in [0.25, 0.3) is 0 Å². The Morgan fingerprint density at radius 2 is 2.07 bits per heavy atom. The Bertz CT molecular complexity index is 194. The van der Waals surface area contributed by atoms with Gasteiger partial charge < -0.3 is 15.4 Å². The molecule has 0 radical (unpaired) electrons. The summed E-state index contributed by atoms with van der Waals surface area (Å²) in [5.74, 6) is 0.232. The first kappa shape index (κ1) is 12.9. The molecule has 4 nitrogen and oxygen atoms in total. The van der Waals surface area contributed by atoms with Crippen molar-refractivity contribution in [2.45, 2.75) is 6.42 Å². The van der Waals surface area contributed by atoms with Gasteiger partial charge in [0.1, 0.15) is 0 Å². The normalized spacial score (nSPS) is 18.1. The second-order valence-electron chi connectivity index (χ2n) is 3.84. The number of hydrogen-bond donors (Lipinski definition) is 1. The summed E-state index contributed by atoms with van der Waals surface area (Å²) in [6, 6.07) is 0. The lowest BCUT2D eigenvalue weighted by molar-refractivity contribution is -0.131. The highest BCUT2D eigenvalue weighted by Gasteiger charge is 2.19. The van der Waals surface area contributed by atoms with Gasteiger partial charge in [-0.25, -0.2) is 0 Å². The SMILES string of the molecule is CP1CCN(C(=O)CCOCCN)CC1. The van der Waals surface area contributed by atoms with Gasteiger partial charge in [-0.1, -0.05) is 0 Å². The van der Waals surface area contributed by atoms with Crippen LogP contribution in [0, 0.1) is 0 Å². The van der Waals surface area contributed by atoms with Gasteiger partial charge >= 0.3 is 0 Å². The molecule has 88 valence electrons. The molecule has 1 saturated heterocycles. The van der Waals surface area contributed by atoms with Crippen LogP contribution in [0.4, 0.5) is 0 Å². The Kier molecular flexibility index (Phi) is 6.15. The average molecular weight is 232 g/mol. The number of hydrogen-bond acceptors (Lipinski definition) is 3. The number of amides is 1. The summed E-state index contributed by atoms with van der Waals surface area (Å²) < 4.78 is 5.20. The van der Waals surface area contributed by atoms with Gasteiger partial charge in [-0.05, 0) is 19.0 Å². The van der Waals surface area contributed by atoms with Gasteiger partial charge in [-0.3, -0.25) is 4.79 Å². The van der Waals surface area contributed by atoms with E-state index in [9.17, 15) is 4.79 Å². The van der Waals surface area contributed by atoms with Gasteiger partial charge in [-0.2, -0.15) is 0 Å². The number of ether oxygens (including phenoxy) is 1. The lowest BCUT2D eigenvalue weighted by Crippen LogP contribution is -2.39. The minimum absolute atomic E-state index is 0.197. The standard InChI is InChI=1S/C10H21N2O2P/c1-15-8-4-12(5-9-15)10(13)2-6-14-7-3-11/h2-9,11H2,1H3. The van der Waals surface area contributed by atoms with Crippen LogP contribution in [-0.4, -0.2) is 62.6 Å². The van der Waals surface area contributed by atoms with E-state index in [0.717, 1.165) is 13.1 Å². The number of carbonyl (C=O) groups excluding carboxylic acids is 1. The molecule has 2 N–H and O–H groups in total. The van der Waals surface area contributed by atoms with E-state index in [1.807, 2.05) is 4.90 Å². The van der Waals surface area contributed by atoms with Gasteiger partial charge in [-0.15, -0.1) is 7.92 Å². The highest BCUT2D eigenvalue weighted by molar-refractivity contribution is 7.56. The second-order valence-corrected chi connectivity index (χ2v) is 6.44. The molecule has 1 fully saturated rings. The van der Waals surface area contributed by atoms with E-state index in [1.54, 1.807) is 0 Å². The Morgan fingerprint density at radius 3 is 2.67 bits per heavy atom. The molecule has 1 aliphatic rings. The predicted molar refractivity (Wildman–Crippen MR) is 63.6 cm³/mol. The molecule has 15 heavy (non-hydrogen) atoms. The van der Waals surface area contributed by atoms with Crippen LogP contribution in [0.2, 0.25) is 0 Å². The Morgan fingerprint density at radius 1 is 1.40 bits per heavy atom. The van der Waals surface area contributed by atoms with E-state index in [0.29, 0.717) is 26.2 Å². The highest BCUT2D eigenvalue weighted by Crippen LogP contribution is 2.32. The molecule has 0 saturated carbocycles. The maximum atomic E-state index is 11.7. The topological polar surface area (TPSA) is 55.6 Å². The van der Waals surface area contributed by atoms with Crippen LogP contribution in [0.1, 0.15) is 6.42 Å². The molecule has 0 aromatic rings. The minimum atomic E-state index is 0.197. The third-order valence-corrected chi connectivity index (χ3v) is 4.51. The fraction of sp³-hybridized carbons (Fsp3) is 0.900. The first-order valence-corrected chi connectivity index (χ1v) is 7.64. The molecule has 1 rings (SSSR count). The lowest BCUT2D eigenvalue weighted by Gasteiger charge is -2.30. The molecule has 1 amide bonds. The molecule has 0 aromatic heterocycles. The van der Waals surface area contributed by atoms with E-state index in [4.69, 9.17) is 10.5 Å². The lowest BCUT2D eigenvalue weighted by atomic mass is 10.3. The van der Waals surface area contributed by atoms with Gasteiger partial charge in [0.05, 0.1) is 19.6 Å². The molecule has 0 atom stereocenters. The summed E-state index contributed by atoms with van der Waals surface area (Å²) in [5.41, 5.74) is 5.29. The van der Waals surface area contributed by atoms with Crippen LogP contribution < -0.4 is 5.73 Å². The average Bonchev–Trinajstić information content (AvgIpc) is 2.25. The van der Waals surface area contributed by atoms with Crippen molar-refractivity contribution in [1.29, 1.82) is 0 Å². The van der Waals surface area contributed by atoms with Crippen LogP contribution >= 0.6 is 7.92 Å². The monoisotopic (exact) mass is 232 g/mol. The van der Waals surface area contributed by atoms with Gasteiger partial charge in [0, 0.05) is 19.6 Å². The molecule has 5 heteroatoms. The maximum Gasteiger partial charge on any atom is 0.224 e. The number of nitrogens with zero attached hydrogens (tertiary/aromatic N) is 1. The zero-order chi connectivity index (χ0) is 11.1. The fourth-order valence-electron chi connectivity index (χ4n) is 1.56. The van der Waals surface area contributed by atoms with Gasteiger partial charge in [0.2, 0.25) is 5.91 Å². The largest absolute Gasteiger partial charge is 0.380 e. The zero-order valence-electron chi connectivity index (χ0n) is 9.45. The van der Waals surface area contributed by atoms with Crippen molar-refractivity contribution >= 4 is 13.8 Å².